The van der Waals surface area contributed by atoms with E-state index in [1.165, 1.54) is 14.0 Å². The summed E-state index contributed by atoms with van der Waals surface area (Å²) in [6, 6.07) is 8.74. The third kappa shape index (κ3) is 6.03. The molecule has 0 aliphatic carbocycles. The van der Waals surface area contributed by atoms with E-state index in [1.807, 2.05) is 13.0 Å². The molecule has 0 fully saturated rings. The summed E-state index contributed by atoms with van der Waals surface area (Å²) in [5.74, 6) is 0.678. The van der Waals surface area contributed by atoms with Crippen LogP contribution in [-0.4, -0.2) is 39.3 Å². The van der Waals surface area contributed by atoms with Crippen LogP contribution in [-0.2, 0) is 20.7 Å². The lowest BCUT2D eigenvalue weighted by atomic mass is 10.1. The van der Waals surface area contributed by atoms with Gasteiger partial charge in [0.1, 0.15) is 5.75 Å². The first-order valence-corrected chi connectivity index (χ1v) is 9.72. The van der Waals surface area contributed by atoms with Crippen molar-refractivity contribution in [1.82, 2.24) is 0 Å². The quantitative estimate of drug-likeness (QED) is 0.595. The average Bonchev–Trinajstić information content (AvgIpc) is 2.74. The van der Waals surface area contributed by atoms with E-state index in [4.69, 9.17) is 30.5 Å². The Morgan fingerprint density at radius 1 is 1.00 bits per heavy atom. The standard InChI is InChI=1S/C22H26ClNO6/c1-13-10-17(19(28-4)12-16(13)23)24-22(26)14(2)30-21(25)9-7-15-6-8-18(27-3)20(11-15)29-5/h6,8,10-12,14H,7,9H2,1-5H3,(H,24,26). The molecule has 0 saturated carbocycles. The van der Waals surface area contributed by atoms with Crippen molar-refractivity contribution < 1.29 is 28.5 Å². The second-order valence-electron chi connectivity index (χ2n) is 6.61. The smallest absolute Gasteiger partial charge is 0.306 e. The summed E-state index contributed by atoms with van der Waals surface area (Å²) in [6.45, 7) is 3.33. The van der Waals surface area contributed by atoms with Gasteiger partial charge in [-0.1, -0.05) is 17.7 Å². The predicted molar refractivity (Wildman–Crippen MR) is 115 cm³/mol. The molecule has 1 unspecified atom stereocenters. The topological polar surface area (TPSA) is 83.1 Å². The van der Waals surface area contributed by atoms with Crippen LogP contribution in [0.1, 0.15) is 24.5 Å². The minimum absolute atomic E-state index is 0.122. The molecule has 0 saturated heterocycles. The zero-order valence-electron chi connectivity index (χ0n) is 17.7. The first-order chi connectivity index (χ1) is 14.3. The van der Waals surface area contributed by atoms with Crippen LogP contribution < -0.4 is 19.5 Å². The van der Waals surface area contributed by atoms with Crippen molar-refractivity contribution in [1.29, 1.82) is 0 Å². The molecule has 0 aromatic heterocycles. The lowest BCUT2D eigenvalue weighted by Crippen LogP contribution is -2.30. The molecule has 1 N–H and O–H groups in total. The number of halogens is 1. The number of carbonyl (C=O) groups is 2. The van der Waals surface area contributed by atoms with Gasteiger partial charge in [-0.15, -0.1) is 0 Å². The molecule has 8 heteroatoms. The molecule has 0 aliphatic rings. The highest BCUT2D eigenvalue weighted by atomic mass is 35.5. The molecule has 0 radical (unpaired) electrons. The van der Waals surface area contributed by atoms with Crippen LogP contribution in [0.5, 0.6) is 17.2 Å². The minimum atomic E-state index is -0.969. The normalized spacial score (nSPS) is 11.4. The predicted octanol–water partition coefficient (Wildman–Crippen LogP) is 4.18. The number of rotatable bonds is 9. The fourth-order valence-corrected chi connectivity index (χ4v) is 2.91. The summed E-state index contributed by atoms with van der Waals surface area (Å²) in [6.07, 6.45) is -0.405. The highest BCUT2D eigenvalue weighted by molar-refractivity contribution is 6.31. The Morgan fingerprint density at radius 3 is 2.30 bits per heavy atom. The first kappa shape index (κ1) is 23.3. The fourth-order valence-electron chi connectivity index (χ4n) is 2.76. The van der Waals surface area contributed by atoms with E-state index in [0.29, 0.717) is 34.4 Å². The minimum Gasteiger partial charge on any atom is -0.495 e. The second-order valence-corrected chi connectivity index (χ2v) is 7.02. The number of methoxy groups -OCH3 is 3. The number of hydrogen-bond acceptors (Lipinski definition) is 6. The van der Waals surface area contributed by atoms with Crippen LogP contribution in [0.25, 0.3) is 0 Å². The molecule has 162 valence electrons. The maximum absolute atomic E-state index is 12.4. The monoisotopic (exact) mass is 435 g/mol. The molecule has 0 aliphatic heterocycles. The molecule has 30 heavy (non-hydrogen) atoms. The molecule has 7 nitrogen and oxygen atoms in total. The van der Waals surface area contributed by atoms with Gasteiger partial charge >= 0.3 is 5.97 Å². The zero-order chi connectivity index (χ0) is 22.3. The van der Waals surface area contributed by atoms with Gasteiger partial charge in [-0.25, -0.2) is 0 Å². The van der Waals surface area contributed by atoms with Gasteiger partial charge in [0, 0.05) is 17.5 Å². The molecule has 0 spiro atoms. The van der Waals surface area contributed by atoms with E-state index in [2.05, 4.69) is 5.32 Å². The van der Waals surface area contributed by atoms with Crippen molar-refractivity contribution in [3.8, 4) is 17.2 Å². The fraction of sp³-hybridized carbons (Fsp3) is 0.364. The molecular formula is C22H26ClNO6. The number of esters is 1. The molecule has 2 aromatic carbocycles. The van der Waals surface area contributed by atoms with Crippen LogP contribution in [0.3, 0.4) is 0 Å². The number of hydrogen-bond donors (Lipinski definition) is 1. The summed E-state index contributed by atoms with van der Waals surface area (Å²) in [5.41, 5.74) is 2.13. The van der Waals surface area contributed by atoms with E-state index < -0.39 is 18.0 Å². The van der Waals surface area contributed by atoms with E-state index >= 15 is 0 Å². The molecule has 2 rings (SSSR count). The van der Waals surface area contributed by atoms with Crippen LogP contribution in [0, 0.1) is 6.92 Å². The van der Waals surface area contributed by atoms with Gasteiger partial charge in [0.2, 0.25) is 0 Å². The highest BCUT2D eigenvalue weighted by Crippen LogP contribution is 2.31. The number of ether oxygens (including phenoxy) is 4. The Balaban J connectivity index is 1.93. The Morgan fingerprint density at radius 2 is 1.67 bits per heavy atom. The Kier molecular flexibility index (Phi) is 8.35. The van der Waals surface area contributed by atoms with Gasteiger partial charge in [0.15, 0.2) is 17.6 Å². The average molecular weight is 436 g/mol. The molecule has 1 amide bonds. The summed E-state index contributed by atoms with van der Waals surface area (Å²) in [7, 11) is 4.59. The van der Waals surface area contributed by atoms with Gasteiger partial charge in [0.05, 0.1) is 27.0 Å². The van der Waals surface area contributed by atoms with Gasteiger partial charge < -0.3 is 24.3 Å². The lowest BCUT2D eigenvalue weighted by molar-refractivity contribution is -0.153. The van der Waals surface area contributed by atoms with Crippen molar-refractivity contribution in [3.63, 3.8) is 0 Å². The van der Waals surface area contributed by atoms with Crippen LogP contribution in [0.4, 0.5) is 5.69 Å². The maximum Gasteiger partial charge on any atom is 0.306 e. The molecule has 2 aromatic rings. The van der Waals surface area contributed by atoms with Gasteiger partial charge in [-0.2, -0.15) is 0 Å². The van der Waals surface area contributed by atoms with Crippen LogP contribution in [0.2, 0.25) is 5.02 Å². The van der Waals surface area contributed by atoms with Crippen molar-refractivity contribution >= 4 is 29.2 Å². The maximum atomic E-state index is 12.4. The largest absolute Gasteiger partial charge is 0.495 e. The van der Waals surface area contributed by atoms with E-state index in [0.717, 1.165) is 11.1 Å². The van der Waals surface area contributed by atoms with Crippen LogP contribution in [0.15, 0.2) is 30.3 Å². The van der Waals surface area contributed by atoms with Crippen molar-refractivity contribution in [3.05, 3.63) is 46.5 Å². The number of benzene rings is 2. The third-order valence-corrected chi connectivity index (χ3v) is 4.89. The van der Waals surface area contributed by atoms with Crippen molar-refractivity contribution in [2.24, 2.45) is 0 Å². The highest BCUT2D eigenvalue weighted by Gasteiger charge is 2.20. The Hall–Kier alpha value is -2.93. The molecule has 1 atom stereocenters. The Labute approximate surface area is 181 Å². The summed E-state index contributed by atoms with van der Waals surface area (Å²) < 4.78 is 21.0. The van der Waals surface area contributed by atoms with E-state index in [9.17, 15) is 9.59 Å². The summed E-state index contributed by atoms with van der Waals surface area (Å²) in [5, 5.41) is 3.23. The van der Waals surface area contributed by atoms with Gasteiger partial charge in [-0.3, -0.25) is 9.59 Å². The number of anilines is 1. The summed E-state index contributed by atoms with van der Waals surface area (Å²) in [4.78, 5) is 24.6. The number of amides is 1. The second kappa shape index (κ2) is 10.7. The van der Waals surface area contributed by atoms with Gasteiger partial charge in [-0.05, 0) is 49.6 Å². The molecule has 0 heterocycles. The lowest BCUT2D eigenvalue weighted by Gasteiger charge is -2.16. The molecule has 0 bridgehead atoms. The van der Waals surface area contributed by atoms with Gasteiger partial charge in [0.25, 0.3) is 5.91 Å². The third-order valence-electron chi connectivity index (χ3n) is 4.48. The van der Waals surface area contributed by atoms with Crippen LogP contribution >= 0.6 is 11.6 Å². The van der Waals surface area contributed by atoms with Crippen molar-refractivity contribution in [2.75, 3.05) is 26.6 Å². The van der Waals surface area contributed by atoms with E-state index in [1.54, 1.807) is 38.5 Å². The first-order valence-electron chi connectivity index (χ1n) is 9.34. The number of aryl methyl sites for hydroxylation is 2. The number of carbonyl (C=O) groups excluding carboxylic acids is 2. The SMILES string of the molecule is COc1cc(Cl)c(C)cc1NC(=O)C(C)OC(=O)CCc1ccc(OC)c(OC)c1. The summed E-state index contributed by atoms with van der Waals surface area (Å²) >= 11 is 6.08. The number of nitrogens with one attached hydrogen (secondary N) is 1. The van der Waals surface area contributed by atoms with E-state index in [-0.39, 0.29) is 6.42 Å². The molecular weight excluding hydrogens is 410 g/mol. The zero-order valence-corrected chi connectivity index (χ0v) is 18.5. The Bertz CT molecular complexity index is 915. The van der Waals surface area contributed by atoms with Crippen molar-refractivity contribution in [2.45, 2.75) is 32.8 Å².